The Bertz CT molecular complexity index is 889. The second-order valence-corrected chi connectivity index (χ2v) is 7.40. The molecule has 0 fully saturated rings. The largest absolute Gasteiger partial charge is 0.493 e. The van der Waals surface area contributed by atoms with Gasteiger partial charge in [0.05, 0.1) is 23.0 Å². The maximum atomic E-state index is 12.4. The quantitative estimate of drug-likeness (QED) is 0.305. The highest BCUT2D eigenvalue weighted by Crippen LogP contribution is 2.34. The van der Waals surface area contributed by atoms with E-state index in [1.165, 1.54) is 6.08 Å². The third-order valence-electron chi connectivity index (χ3n) is 3.34. The lowest BCUT2D eigenvalue weighted by Crippen LogP contribution is -2.14. The summed E-state index contributed by atoms with van der Waals surface area (Å²) in [6.07, 6.45) is 1.53. The number of para-hydroxylation sites is 1. The van der Waals surface area contributed by atoms with Gasteiger partial charge in [0.1, 0.15) is 11.6 Å². The van der Waals surface area contributed by atoms with Crippen LogP contribution in [0.25, 0.3) is 6.08 Å². The molecule has 0 aliphatic heterocycles. The van der Waals surface area contributed by atoms with Crippen LogP contribution < -0.4 is 14.8 Å². The number of ether oxygens (including phenoxy) is 2. The normalized spacial score (nSPS) is 10.8. The summed E-state index contributed by atoms with van der Waals surface area (Å²) < 4.78 is 12.7. The number of nitrogens with zero attached hydrogens (tertiary/aromatic N) is 1. The van der Waals surface area contributed by atoms with Crippen LogP contribution >= 0.6 is 45.2 Å². The number of hydrogen-bond donors (Lipinski definition) is 1. The zero-order valence-electron chi connectivity index (χ0n) is 14.2. The topological polar surface area (TPSA) is 71.3 Å². The number of methoxy groups -OCH3 is 1. The van der Waals surface area contributed by atoms with Gasteiger partial charge in [0.15, 0.2) is 11.5 Å². The smallest absolute Gasteiger partial charge is 0.266 e. The Labute approximate surface area is 179 Å². The zero-order chi connectivity index (χ0) is 19.1. The molecule has 26 heavy (non-hydrogen) atoms. The molecule has 0 aliphatic carbocycles. The van der Waals surface area contributed by atoms with Crippen LogP contribution in [0.15, 0.2) is 42.0 Å². The number of halogens is 2. The van der Waals surface area contributed by atoms with E-state index in [9.17, 15) is 10.1 Å². The predicted octanol–water partition coefficient (Wildman–Crippen LogP) is 4.85. The van der Waals surface area contributed by atoms with E-state index in [4.69, 9.17) is 9.47 Å². The fourth-order valence-electron chi connectivity index (χ4n) is 2.18. The van der Waals surface area contributed by atoms with Gasteiger partial charge in [0, 0.05) is 3.57 Å². The Morgan fingerprint density at radius 1 is 1.27 bits per heavy atom. The van der Waals surface area contributed by atoms with Crippen LogP contribution in [0.4, 0.5) is 5.69 Å². The summed E-state index contributed by atoms with van der Waals surface area (Å²) in [4.78, 5) is 12.4. The minimum Gasteiger partial charge on any atom is -0.493 e. The molecule has 0 spiro atoms. The first-order valence-electron chi connectivity index (χ1n) is 7.68. The third kappa shape index (κ3) is 5.11. The molecule has 1 amide bonds. The first kappa shape index (κ1) is 20.5. The molecule has 2 aromatic rings. The van der Waals surface area contributed by atoms with Crippen LogP contribution in [0.3, 0.4) is 0 Å². The molecular weight excluding hydrogens is 558 g/mol. The number of carbonyl (C=O) groups is 1. The van der Waals surface area contributed by atoms with Gasteiger partial charge in [-0.3, -0.25) is 4.79 Å². The Morgan fingerprint density at radius 3 is 2.62 bits per heavy atom. The molecule has 0 atom stereocenters. The maximum Gasteiger partial charge on any atom is 0.266 e. The van der Waals surface area contributed by atoms with Gasteiger partial charge in [0.2, 0.25) is 0 Å². The van der Waals surface area contributed by atoms with Crippen LogP contribution in [-0.4, -0.2) is 19.6 Å². The van der Waals surface area contributed by atoms with E-state index >= 15 is 0 Å². The fourth-order valence-corrected chi connectivity index (χ4v) is 3.48. The molecule has 2 rings (SSSR count). The summed E-state index contributed by atoms with van der Waals surface area (Å²) in [7, 11) is 1.55. The van der Waals surface area contributed by atoms with Gasteiger partial charge in [-0.25, -0.2) is 0 Å². The van der Waals surface area contributed by atoms with Crippen molar-refractivity contribution in [2.75, 3.05) is 19.0 Å². The third-order valence-corrected chi connectivity index (χ3v) is 5.08. The van der Waals surface area contributed by atoms with Crippen molar-refractivity contribution in [3.8, 4) is 17.6 Å². The molecule has 0 heterocycles. The molecular formula is C19H16I2N2O3. The Balaban J connectivity index is 2.34. The Kier molecular flexibility index (Phi) is 7.71. The van der Waals surface area contributed by atoms with Crippen LogP contribution in [0.1, 0.15) is 12.5 Å². The first-order valence-corrected chi connectivity index (χ1v) is 9.83. The van der Waals surface area contributed by atoms with Crippen LogP contribution in [-0.2, 0) is 4.79 Å². The van der Waals surface area contributed by atoms with Crippen molar-refractivity contribution in [3.05, 3.63) is 54.7 Å². The van der Waals surface area contributed by atoms with Gasteiger partial charge in [-0.2, -0.15) is 5.26 Å². The summed E-state index contributed by atoms with van der Waals surface area (Å²) >= 11 is 4.27. The first-order chi connectivity index (χ1) is 12.5. The number of rotatable bonds is 6. The lowest BCUT2D eigenvalue weighted by atomic mass is 10.1. The van der Waals surface area contributed by atoms with Crippen molar-refractivity contribution in [2.24, 2.45) is 0 Å². The molecule has 0 saturated carbocycles. The highest BCUT2D eigenvalue weighted by atomic mass is 127. The van der Waals surface area contributed by atoms with Crippen LogP contribution in [0.5, 0.6) is 11.5 Å². The van der Waals surface area contributed by atoms with Crippen molar-refractivity contribution in [1.82, 2.24) is 0 Å². The zero-order valence-corrected chi connectivity index (χ0v) is 18.5. The van der Waals surface area contributed by atoms with Crippen molar-refractivity contribution in [1.29, 1.82) is 5.26 Å². The minimum atomic E-state index is -0.459. The van der Waals surface area contributed by atoms with Gasteiger partial charge < -0.3 is 14.8 Å². The molecule has 5 nitrogen and oxygen atoms in total. The molecule has 0 unspecified atom stereocenters. The molecule has 0 saturated heterocycles. The second-order valence-electron chi connectivity index (χ2n) is 5.07. The van der Waals surface area contributed by atoms with Crippen LogP contribution in [0, 0.1) is 18.5 Å². The number of hydrogen-bond acceptors (Lipinski definition) is 4. The molecule has 7 heteroatoms. The number of nitrogens with one attached hydrogen (secondary N) is 1. The number of anilines is 1. The van der Waals surface area contributed by atoms with Gasteiger partial charge in [-0.15, -0.1) is 0 Å². The number of benzene rings is 2. The van der Waals surface area contributed by atoms with Crippen molar-refractivity contribution >= 4 is 62.9 Å². The molecule has 2 aromatic carbocycles. The molecule has 1 N–H and O–H groups in total. The molecule has 0 radical (unpaired) electrons. The number of amides is 1. The van der Waals surface area contributed by atoms with Crippen molar-refractivity contribution in [3.63, 3.8) is 0 Å². The number of carbonyl (C=O) groups excluding carboxylic acids is 1. The summed E-state index contributed by atoms with van der Waals surface area (Å²) in [5.41, 5.74) is 1.36. The average Bonchev–Trinajstić information content (AvgIpc) is 2.63. The molecule has 134 valence electrons. The summed E-state index contributed by atoms with van der Waals surface area (Å²) in [6.45, 7) is 2.41. The van der Waals surface area contributed by atoms with Crippen LogP contribution in [0.2, 0.25) is 0 Å². The lowest BCUT2D eigenvalue weighted by molar-refractivity contribution is -0.112. The van der Waals surface area contributed by atoms with Crippen molar-refractivity contribution < 1.29 is 14.3 Å². The second kappa shape index (κ2) is 9.78. The lowest BCUT2D eigenvalue weighted by Gasteiger charge is -2.12. The summed E-state index contributed by atoms with van der Waals surface area (Å²) in [5, 5.41) is 12.2. The van der Waals surface area contributed by atoms with E-state index < -0.39 is 5.91 Å². The van der Waals surface area contributed by atoms with Crippen molar-refractivity contribution in [2.45, 2.75) is 6.92 Å². The van der Waals surface area contributed by atoms with Gasteiger partial charge in [0.25, 0.3) is 5.91 Å². The Morgan fingerprint density at radius 2 is 2.00 bits per heavy atom. The summed E-state index contributed by atoms with van der Waals surface area (Å²) in [5.74, 6) is 0.745. The monoisotopic (exact) mass is 574 g/mol. The minimum absolute atomic E-state index is 0.00617. The SMILES string of the molecule is CCOc1c(I)cc(/C=C(\C#N)C(=O)Nc2ccccc2I)cc1OC. The predicted molar refractivity (Wildman–Crippen MR) is 118 cm³/mol. The van der Waals surface area contributed by atoms with E-state index in [0.29, 0.717) is 29.4 Å². The number of nitriles is 1. The fraction of sp³-hybridized carbons (Fsp3) is 0.158. The maximum absolute atomic E-state index is 12.4. The highest BCUT2D eigenvalue weighted by molar-refractivity contribution is 14.1. The standard InChI is InChI=1S/C19H16I2N2O3/c1-3-26-18-15(21)9-12(10-17(18)25-2)8-13(11-22)19(24)23-16-7-5-4-6-14(16)20/h4-10H,3H2,1-2H3,(H,23,24)/b13-8+. The molecule has 0 aliphatic rings. The average molecular weight is 574 g/mol. The molecule has 0 aromatic heterocycles. The van der Waals surface area contributed by atoms with Gasteiger partial charge in [-0.1, -0.05) is 12.1 Å². The van der Waals surface area contributed by atoms with E-state index in [-0.39, 0.29) is 5.57 Å². The van der Waals surface area contributed by atoms with Gasteiger partial charge in [-0.05, 0) is 88.0 Å². The van der Waals surface area contributed by atoms with E-state index in [1.54, 1.807) is 19.2 Å². The summed E-state index contributed by atoms with van der Waals surface area (Å²) in [6, 6.07) is 12.9. The van der Waals surface area contributed by atoms with E-state index in [0.717, 1.165) is 7.14 Å². The van der Waals surface area contributed by atoms with E-state index in [1.807, 2.05) is 37.3 Å². The van der Waals surface area contributed by atoms with E-state index in [2.05, 4.69) is 50.5 Å². The Hall–Kier alpha value is -1.80. The van der Waals surface area contributed by atoms with Gasteiger partial charge >= 0.3 is 0 Å². The molecule has 0 bridgehead atoms. The highest BCUT2D eigenvalue weighted by Gasteiger charge is 2.14.